The number of rotatable bonds is 6. The molecular formula is C22H18N4. The van der Waals surface area contributed by atoms with E-state index < -0.39 is 0 Å². The second-order valence-electron chi connectivity index (χ2n) is 5.88. The number of hydrogen-bond acceptors (Lipinski definition) is 3. The molecule has 3 aromatic rings. The molecule has 3 rings (SSSR count). The van der Waals surface area contributed by atoms with E-state index in [1.807, 2.05) is 66.7 Å². The minimum absolute atomic E-state index is 0.652. The van der Waals surface area contributed by atoms with Crippen LogP contribution in [0.3, 0.4) is 0 Å². The molecule has 0 aliphatic rings. The van der Waals surface area contributed by atoms with E-state index in [1.54, 1.807) is 6.07 Å². The van der Waals surface area contributed by atoms with Crippen LogP contribution in [0.2, 0.25) is 0 Å². The fraction of sp³-hybridized carbons (Fsp3) is 0.0909. The van der Waals surface area contributed by atoms with Crippen molar-refractivity contribution in [3.8, 4) is 6.07 Å². The average Bonchev–Trinajstić information content (AvgIpc) is 2.71. The van der Waals surface area contributed by atoms with Gasteiger partial charge in [0, 0.05) is 24.5 Å². The molecule has 0 saturated carbocycles. The summed E-state index contributed by atoms with van der Waals surface area (Å²) >= 11 is 0. The minimum Gasteiger partial charge on any atom is -0.381 e. The fourth-order valence-electron chi connectivity index (χ4n) is 2.63. The zero-order valence-electron chi connectivity index (χ0n) is 14.2. The van der Waals surface area contributed by atoms with Gasteiger partial charge in [0.2, 0.25) is 0 Å². The lowest BCUT2D eigenvalue weighted by Crippen LogP contribution is -2.02. The topological polar surface area (TPSA) is 52.2 Å². The number of nitrogens with zero attached hydrogens (tertiary/aromatic N) is 2. The molecule has 0 fully saturated rings. The van der Waals surface area contributed by atoms with E-state index in [0.717, 1.165) is 22.5 Å². The van der Waals surface area contributed by atoms with Crippen molar-refractivity contribution in [2.75, 3.05) is 10.6 Å². The lowest BCUT2D eigenvalue weighted by molar-refractivity contribution is 1.13. The van der Waals surface area contributed by atoms with Crippen LogP contribution < -0.4 is 10.6 Å². The molecule has 0 aliphatic carbocycles. The Morgan fingerprint density at radius 1 is 0.808 bits per heavy atom. The van der Waals surface area contributed by atoms with E-state index >= 15 is 0 Å². The molecule has 0 aliphatic heterocycles. The van der Waals surface area contributed by atoms with Gasteiger partial charge in [-0.05, 0) is 41.5 Å². The van der Waals surface area contributed by atoms with E-state index in [1.165, 1.54) is 0 Å². The third kappa shape index (κ3) is 4.63. The molecule has 0 spiro atoms. The normalized spacial score (nSPS) is 9.77. The Hall–Kier alpha value is -3.76. The summed E-state index contributed by atoms with van der Waals surface area (Å²) in [5.41, 5.74) is 5.48. The van der Waals surface area contributed by atoms with Gasteiger partial charge in [-0.3, -0.25) is 0 Å². The Balaban J connectivity index is 1.61. The van der Waals surface area contributed by atoms with Gasteiger partial charge in [-0.1, -0.05) is 42.5 Å². The van der Waals surface area contributed by atoms with Crippen molar-refractivity contribution in [2.24, 2.45) is 0 Å². The lowest BCUT2D eigenvalue weighted by Gasteiger charge is -2.11. The second-order valence-corrected chi connectivity index (χ2v) is 5.88. The zero-order chi connectivity index (χ0) is 18.2. The summed E-state index contributed by atoms with van der Waals surface area (Å²) in [5.74, 6) is 0. The molecule has 0 radical (unpaired) electrons. The molecule has 126 valence electrons. The Kier molecular flexibility index (Phi) is 5.50. The smallest absolute Gasteiger partial charge is 0.187 e. The van der Waals surface area contributed by atoms with Crippen molar-refractivity contribution in [3.05, 3.63) is 101 Å². The highest BCUT2D eigenvalue weighted by atomic mass is 14.9. The van der Waals surface area contributed by atoms with Crippen LogP contribution in [0.5, 0.6) is 0 Å². The third-order valence-corrected chi connectivity index (χ3v) is 3.95. The number of nitriles is 1. The summed E-state index contributed by atoms with van der Waals surface area (Å²) < 4.78 is 0. The third-order valence-electron chi connectivity index (χ3n) is 3.95. The van der Waals surface area contributed by atoms with E-state index in [0.29, 0.717) is 24.3 Å². The molecule has 26 heavy (non-hydrogen) atoms. The van der Waals surface area contributed by atoms with Crippen molar-refractivity contribution in [2.45, 2.75) is 13.1 Å². The van der Waals surface area contributed by atoms with Gasteiger partial charge >= 0.3 is 0 Å². The largest absolute Gasteiger partial charge is 0.381 e. The molecule has 2 N–H and O–H groups in total. The first-order chi connectivity index (χ1) is 12.8. The predicted octanol–water partition coefficient (Wildman–Crippen LogP) is 5.33. The first-order valence-electron chi connectivity index (χ1n) is 8.30. The Morgan fingerprint density at radius 3 is 2.08 bits per heavy atom. The van der Waals surface area contributed by atoms with Crippen molar-refractivity contribution < 1.29 is 0 Å². The van der Waals surface area contributed by atoms with Crippen LogP contribution in [0.15, 0.2) is 72.8 Å². The minimum atomic E-state index is 0.652. The Labute approximate surface area is 153 Å². The van der Waals surface area contributed by atoms with Gasteiger partial charge in [0.15, 0.2) is 5.69 Å². The quantitative estimate of drug-likeness (QED) is 0.597. The van der Waals surface area contributed by atoms with Gasteiger partial charge in [-0.15, -0.1) is 0 Å². The van der Waals surface area contributed by atoms with Crippen molar-refractivity contribution in [1.29, 1.82) is 5.26 Å². The number of benzene rings is 3. The number of anilines is 2. The molecule has 0 heterocycles. The van der Waals surface area contributed by atoms with Crippen LogP contribution in [0.25, 0.3) is 4.85 Å². The standard InChI is InChI=1S/C22H18N4/c1-24-20-8-3-7-19(12-20)16-26-22-10-4-9-21(13-22)25-15-18-6-2-5-17(11-18)14-23/h2-13,25-26H,15-16H2. The van der Waals surface area contributed by atoms with E-state index in [2.05, 4.69) is 21.5 Å². The monoisotopic (exact) mass is 338 g/mol. The first kappa shape index (κ1) is 17.1. The second kappa shape index (κ2) is 8.37. The SMILES string of the molecule is [C-]#[N+]c1cccc(CNc2cccc(NCc3cccc(C#N)c3)c2)c1. The number of hydrogen-bond donors (Lipinski definition) is 2. The van der Waals surface area contributed by atoms with Crippen molar-refractivity contribution >= 4 is 17.1 Å². The van der Waals surface area contributed by atoms with Gasteiger partial charge in [-0.2, -0.15) is 5.26 Å². The van der Waals surface area contributed by atoms with Crippen LogP contribution >= 0.6 is 0 Å². The Bertz CT molecular complexity index is 903. The summed E-state index contributed by atoms with van der Waals surface area (Å²) in [6.45, 7) is 8.41. The molecular weight excluding hydrogens is 320 g/mol. The molecule has 0 saturated heterocycles. The van der Waals surface area contributed by atoms with Crippen LogP contribution in [-0.4, -0.2) is 0 Å². The molecule has 0 atom stereocenters. The van der Waals surface area contributed by atoms with Gasteiger partial charge in [-0.25, -0.2) is 4.85 Å². The maximum atomic E-state index is 8.97. The summed E-state index contributed by atoms with van der Waals surface area (Å²) in [6.07, 6.45) is 0. The fourth-order valence-corrected chi connectivity index (χ4v) is 2.63. The lowest BCUT2D eigenvalue weighted by atomic mass is 10.1. The molecule has 0 aromatic heterocycles. The molecule has 4 nitrogen and oxygen atoms in total. The maximum Gasteiger partial charge on any atom is 0.187 e. The molecule has 0 unspecified atom stereocenters. The maximum absolute atomic E-state index is 8.97. The molecule has 4 heteroatoms. The van der Waals surface area contributed by atoms with E-state index in [4.69, 9.17) is 11.8 Å². The number of nitrogens with one attached hydrogen (secondary N) is 2. The molecule has 3 aromatic carbocycles. The highest BCUT2D eigenvalue weighted by Crippen LogP contribution is 2.19. The summed E-state index contributed by atoms with van der Waals surface area (Å²) in [4.78, 5) is 3.46. The van der Waals surface area contributed by atoms with Crippen molar-refractivity contribution in [1.82, 2.24) is 0 Å². The van der Waals surface area contributed by atoms with E-state index in [9.17, 15) is 0 Å². The summed E-state index contributed by atoms with van der Waals surface area (Å²) in [5, 5.41) is 15.7. The first-order valence-corrected chi connectivity index (χ1v) is 8.30. The van der Waals surface area contributed by atoms with Gasteiger partial charge in [0.25, 0.3) is 0 Å². The van der Waals surface area contributed by atoms with E-state index in [-0.39, 0.29) is 0 Å². The predicted molar refractivity (Wildman–Crippen MR) is 105 cm³/mol. The highest BCUT2D eigenvalue weighted by Gasteiger charge is 2.00. The van der Waals surface area contributed by atoms with Gasteiger partial charge in [0.1, 0.15) is 0 Å². The van der Waals surface area contributed by atoms with Gasteiger partial charge < -0.3 is 10.6 Å². The summed E-state index contributed by atoms with van der Waals surface area (Å²) in [6, 6.07) is 25.4. The van der Waals surface area contributed by atoms with Crippen LogP contribution in [-0.2, 0) is 13.1 Å². The average molecular weight is 338 g/mol. The molecule has 0 amide bonds. The Morgan fingerprint density at radius 2 is 1.42 bits per heavy atom. The summed E-state index contributed by atoms with van der Waals surface area (Å²) in [7, 11) is 0. The van der Waals surface area contributed by atoms with Gasteiger partial charge in [0.05, 0.1) is 18.2 Å². The van der Waals surface area contributed by atoms with Crippen LogP contribution in [0.4, 0.5) is 17.1 Å². The van der Waals surface area contributed by atoms with Crippen molar-refractivity contribution in [3.63, 3.8) is 0 Å². The highest BCUT2D eigenvalue weighted by molar-refractivity contribution is 5.57. The van der Waals surface area contributed by atoms with Crippen LogP contribution in [0, 0.1) is 17.9 Å². The van der Waals surface area contributed by atoms with Crippen LogP contribution in [0.1, 0.15) is 16.7 Å². The molecule has 0 bridgehead atoms. The zero-order valence-corrected chi connectivity index (χ0v) is 14.2.